The predicted octanol–water partition coefficient (Wildman–Crippen LogP) is 5.90. The van der Waals surface area contributed by atoms with E-state index in [1.807, 2.05) is 48.0 Å². The Morgan fingerprint density at radius 3 is 2.42 bits per heavy atom. The van der Waals surface area contributed by atoms with E-state index < -0.39 is 0 Å². The number of hydrogen-bond acceptors (Lipinski definition) is 2. The molecule has 4 rings (SSSR count). The molecular formula is C25H23Cl2N3O. The second kappa shape index (κ2) is 9.13. The van der Waals surface area contributed by atoms with E-state index in [0.29, 0.717) is 23.0 Å². The normalized spacial score (nSPS) is 11.1. The van der Waals surface area contributed by atoms with Gasteiger partial charge in [-0.2, -0.15) is 0 Å². The molecule has 0 saturated carbocycles. The quantitative estimate of drug-likeness (QED) is 0.365. The minimum absolute atomic E-state index is 0.000261. The lowest BCUT2D eigenvalue weighted by Gasteiger charge is -2.19. The van der Waals surface area contributed by atoms with Crippen molar-refractivity contribution in [1.29, 1.82) is 0 Å². The Morgan fingerprint density at radius 1 is 0.968 bits per heavy atom. The summed E-state index contributed by atoms with van der Waals surface area (Å²) in [6, 6.07) is 21.8. The molecule has 1 amide bonds. The van der Waals surface area contributed by atoms with Crippen molar-refractivity contribution in [2.45, 2.75) is 26.4 Å². The summed E-state index contributed by atoms with van der Waals surface area (Å²) in [5.41, 5.74) is 4.95. The van der Waals surface area contributed by atoms with Crippen LogP contribution in [0.25, 0.3) is 11.0 Å². The number of amides is 1. The van der Waals surface area contributed by atoms with E-state index in [4.69, 9.17) is 28.2 Å². The Balaban J connectivity index is 1.67. The van der Waals surface area contributed by atoms with Gasteiger partial charge in [0, 0.05) is 20.0 Å². The van der Waals surface area contributed by atoms with Crippen LogP contribution < -0.4 is 0 Å². The van der Waals surface area contributed by atoms with E-state index in [1.165, 1.54) is 5.56 Å². The molecule has 0 fully saturated rings. The molecule has 0 radical (unpaired) electrons. The molecule has 4 aromatic rings. The summed E-state index contributed by atoms with van der Waals surface area (Å²) in [6.45, 7) is 2.79. The fourth-order valence-electron chi connectivity index (χ4n) is 3.69. The number of benzene rings is 3. The highest BCUT2D eigenvalue weighted by atomic mass is 35.5. The number of nitrogens with zero attached hydrogens (tertiary/aromatic N) is 3. The number of fused-ring (bicyclic) bond motifs is 1. The Bertz CT molecular complexity index is 1230. The monoisotopic (exact) mass is 451 g/mol. The molecule has 31 heavy (non-hydrogen) atoms. The third-order valence-corrected chi connectivity index (χ3v) is 6.02. The SMILES string of the molecule is Cc1cccc(Cc2nc3cc(Cl)c(Cl)cc3n2CC(=O)N(C)Cc2ccccc2)c1. The van der Waals surface area contributed by atoms with Crippen molar-refractivity contribution in [2.24, 2.45) is 0 Å². The van der Waals surface area contributed by atoms with Gasteiger partial charge in [-0.05, 0) is 30.2 Å². The molecule has 0 N–H and O–H groups in total. The van der Waals surface area contributed by atoms with Gasteiger partial charge in [0.05, 0.1) is 21.1 Å². The van der Waals surface area contributed by atoms with E-state index in [1.54, 1.807) is 17.0 Å². The van der Waals surface area contributed by atoms with E-state index in [0.717, 1.165) is 28.0 Å². The molecule has 0 bridgehead atoms. The topological polar surface area (TPSA) is 38.1 Å². The first-order chi connectivity index (χ1) is 14.9. The van der Waals surface area contributed by atoms with E-state index in [9.17, 15) is 4.79 Å². The molecule has 0 aliphatic heterocycles. The third-order valence-electron chi connectivity index (χ3n) is 5.30. The Morgan fingerprint density at radius 2 is 1.68 bits per heavy atom. The molecule has 0 aliphatic rings. The molecule has 0 unspecified atom stereocenters. The van der Waals surface area contributed by atoms with Crippen LogP contribution in [0, 0.1) is 6.92 Å². The number of aryl methyl sites for hydroxylation is 1. The minimum Gasteiger partial charge on any atom is -0.340 e. The first kappa shape index (κ1) is 21.4. The fraction of sp³-hybridized carbons (Fsp3) is 0.200. The maximum absolute atomic E-state index is 13.1. The van der Waals surface area contributed by atoms with Crippen molar-refractivity contribution in [2.75, 3.05) is 7.05 Å². The summed E-state index contributed by atoms with van der Waals surface area (Å²) in [4.78, 5) is 19.6. The molecule has 3 aromatic carbocycles. The molecular weight excluding hydrogens is 429 g/mol. The highest BCUT2D eigenvalue weighted by Gasteiger charge is 2.18. The summed E-state index contributed by atoms with van der Waals surface area (Å²) >= 11 is 12.5. The maximum Gasteiger partial charge on any atom is 0.242 e. The number of aromatic nitrogens is 2. The van der Waals surface area contributed by atoms with Crippen LogP contribution in [0.1, 0.15) is 22.5 Å². The van der Waals surface area contributed by atoms with Crippen molar-refractivity contribution in [3.63, 3.8) is 0 Å². The summed E-state index contributed by atoms with van der Waals surface area (Å²) < 4.78 is 1.95. The van der Waals surface area contributed by atoms with Crippen LogP contribution in [-0.4, -0.2) is 27.4 Å². The number of imidazole rings is 1. The van der Waals surface area contributed by atoms with Crippen molar-refractivity contribution in [3.05, 3.63) is 99.3 Å². The Kier molecular flexibility index (Phi) is 6.30. The molecule has 4 nitrogen and oxygen atoms in total. The standard InChI is InChI=1S/C25H23Cl2N3O/c1-17-7-6-10-19(11-17)12-24-28-22-13-20(26)21(27)14-23(22)30(24)16-25(31)29(2)15-18-8-4-3-5-9-18/h3-11,13-14H,12,15-16H2,1-2H3. The summed E-state index contributed by atoms with van der Waals surface area (Å²) in [5.74, 6) is 0.806. The highest BCUT2D eigenvalue weighted by Crippen LogP contribution is 2.29. The summed E-state index contributed by atoms with van der Waals surface area (Å²) in [7, 11) is 1.82. The maximum atomic E-state index is 13.1. The van der Waals surface area contributed by atoms with Gasteiger partial charge in [0.15, 0.2) is 0 Å². The van der Waals surface area contributed by atoms with Gasteiger partial charge in [0.2, 0.25) is 5.91 Å². The number of likely N-dealkylation sites (N-methyl/N-ethyl adjacent to an activating group) is 1. The van der Waals surface area contributed by atoms with Gasteiger partial charge < -0.3 is 9.47 Å². The smallest absolute Gasteiger partial charge is 0.242 e. The number of rotatable bonds is 6. The average Bonchev–Trinajstić information content (AvgIpc) is 3.05. The van der Waals surface area contributed by atoms with Gasteiger partial charge in [0.1, 0.15) is 12.4 Å². The van der Waals surface area contributed by atoms with Crippen LogP contribution in [0.4, 0.5) is 0 Å². The average molecular weight is 452 g/mol. The predicted molar refractivity (Wildman–Crippen MR) is 127 cm³/mol. The van der Waals surface area contributed by atoms with Crippen LogP contribution in [-0.2, 0) is 24.3 Å². The van der Waals surface area contributed by atoms with Crippen molar-refractivity contribution < 1.29 is 4.79 Å². The Labute approximate surface area is 192 Å². The van der Waals surface area contributed by atoms with Crippen LogP contribution in [0.2, 0.25) is 10.0 Å². The molecule has 0 saturated heterocycles. The van der Waals surface area contributed by atoms with E-state index in [-0.39, 0.29) is 12.5 Å². The van der Waals surface area contributed by atoms with Gasteiger partial charge in [-0.3, -0.25) is 4.79 Å². The lowest BCUT2D eigenvalue weighted by molar-refractivity contribution is -0.131. The minimum atomic E-state index is -0.000261. The van der Waals surface area contributed by atoms with Crippen LogP contribution in [0.3, 0.4) is 0 Å². The zero-order valence-corrected chi connectivity index (χ0v) is 19.0. The molecule has 0 atom stereocenters. The van der Waals surface area contributed by atoms with Crippen molar-refractivity contribution in [3.8, 4) is 0 Å². The molecule has 1 aromatic heterocycles. The number of hydrogen-bond donors (Lipinski definition) is 0. The van der Waals surface area contributed by atoms with Gasteiger partial charge in [-0.15, -0.1) is 0 Å². The zero-order valence-electron chi connectivity index (χ0n) is 17.5. The second-order valence-electron chi connectivity index (χ2n) is 7.77. The van der Waals surface area contributed by atoms with Crippen LogP contribution >= 0.6 is 23.2 Å². The lowest BCUT2D eigenvalue weighted by atomic mass is 10.1. The van der Waals surface area contributed by atoms with Crippen molar-refractivity contribution in [1.82, 2.24) is 14.5 Å². The van der Waals surface area contributed by atoms with Crippen LogP contribution in [0.5, 0.6) is 0 Å². The molecule has 158 valence electrons. The van der Waals surface area contributed by atoms with Gasteiger partial charge in [-0.1, -0.05) is 83.4 Å². The zero-order chi connectivity index (χ0) is 22.0. The molecule has 6 heteroatoms. The number of carbonyl (C=O) groups excluding carboxylic acids is 1. The summed E-state index contributed by atoms with van der Waals surface area (Å²) in [6.07, 6.45) is 0.612. The van der Waals surface area contributed by atoms with Crippen LogP contribution in [0.15, 0.2) is 66.7 Å². The van der Waals surface area contributed by atoms with Gasteiger partial charge in [-0.25, -0.2) is 4.98 Å². The Hall–Kier alpha value is -2.82. The highest BCUT2D eigenvalue weighted by molar-refractivity contribution is 6.42. The second-order valence-corrected chi connectivity index (χ2v) is 8.58. The first-order valence-corrected chi connectivity index (χ1v) is 10.8. The molecule has 0 aliphatic carbocycles. The van der Waals surface area contributed by atoms with E-state index >= 15 is 0 Å². The third kappa shape index (κ3) is 4.92. The molecule has 0 spiro atoms. The van der Waals surface area contributed by atoms with Gasteiger partial charge in [0.25, 0.3) is 0 Å². The number of carbonyl (C=O) groups is 1. The van der Waals surface area contributed by atoms with Gasteiger partial charge >= 0.3 is 0 Å². The first-order valence-electron chi connectivity index (χ1n) is 10.1. The van der Waals surface area contributed by atoms with Crippen molar-refractivity contribution >= 4 is 40.1 Å². The fourth-order valence-corrected chi connectivity index (χ4v) is 4.00. The van der Waals surface area contributed by atoms with E-state index in [2.05, 4.69) is 25.1 Å². The molecule has 1 heterocycles. The largest absolute Gasteiger partial charge is 0.340 e. The lowest BCUT2D eigenvalue weighted by Crippen LogP contribution is -2.30. The number of halogens is 2. The summed E-state index contributed by atoms with van der Waals surface area (Å²) in [5, 5.41) is 0.899.